The van der Waals surface area contributed by atoms with Crippen LogP contribution >= 0.6 is 23.5 Å². The van der Waals surface area contributed by atoms with Crippen molar-refractivity contribution in [2.75, 3.05) is 30.6 Å². The van der Waals surface area contributed by atoms with E-state index in [0.717, 1.165) is 0 Å². The third-order valence-corrected chi connectivity index (χ3v) is 7.34. The maximum absolute atomic E-state index is 13.4. The van der Waals surface area contributed by atoms with Gasteiger partial charge >= 0.3 is 5.97 Å². The molecule has 0 aliphatic rings. The van der Waals surface area contributed by atoms with Crippen molar-refractivity contribution < 1.29 is 44.1 Å². The summed E-state index contributed by atoms with van der Waals surface area (Å²) >= 11 is 2.74. The molecule has 17 heteroatoms. The van der Waals surface area contributed by atoms with Gasteiger partial charge in [-0.1, -0.05) is 12.1 Å². The van der Waals surface area contributed by atoms with Gasteiger partial charge in [0, 0.05) is 6.42 Å². The fourth-order valence-electron chi connectivity index (χ4n) is 3.66. The second-order valence-electron chi connectivity index (χ2n) is 9.48. The van der Waals surface area contributed by atoms with Gasteiger partial charge < -0.3 is 48.1 Å². The van der Waals surface area contributed by atoms with Gasteiger partial charge in [-0.15, -0.1) is 0 Å². The SMILES string of the molecule is CSCC[C@H](NC(=O)[C@H](CC(N)=O)NC(=O)[C@H](CCSC)NC(=O)[C@H](Cc1ccc(O)cc1)NC(=O)[C@@H](N)CO)C(=O)O. The molecule has 0 fully saturated rings. The van der Waals surface area contributed by atoms with Gasteiger partial charge in [0.05, 0.1) is 13.0 Å². The largest absolute Gasteiger partial charge is 0.508 e. The number of rotatable bonds is 20. The molecule has 0 heterocycles. The van der Waals surface area contributed by atoms with Gasteiger partial charge in [-0.2, -0.15) is 23.5 Å². The number of carboxylic acid groups (broad SMARTS) is 1. The van der Waals surface area contributed by atoms with Gasteiger partial charge in [0.2, 0.25) is 29.5 Å². The number of carbonyl (C=O) groups excluding carboxylic acids is 5. The Morgan fingerprint density at radius 3 is 1.74 bits per heavy atom. The first kappa shape index (κ1) is 37.5. The molecule has 1 rings (SSSR count). The summed E-state index contributed by atoms with van der Waals surface area (Å²) in [6.45, 7) is -0.679. The highest BCUT2D eigenvalue weighted by Crippen LogP contribution is 2.12. The summed E-state index contributed by atoms with van der Waals surface area (Å²) in [5.41, 5.74) is 11.4. The molecule has 1 aromatic rings. The summed E-state index contributed by atoms with van der Waals surface area (Å²) in [5, 5.41) is 37.9. The zero-order chi connectivity index (χ0) is 32.5. The van der Waals surface area contributed by atoms with Gasteiger partial charge in [0.1, 0.15) is 36.0 Å². The molecule has 0 saturated heterocycles. The van der Waals surface area contributed by atoms with Crippen LogP contribution in [-0.2, 0) is 35.2 Å². The smallest absolute Gasteiger partial charge is 0.326 e. The van der Waals surface area contributed by atoms with Gasteiger partial charge in [-0.25, -0.2) is 4.79 Å². The molecule has 0 saturated carbocycles. The average Bonchev–Trinajstić information content (AvgIpc) is 2.96. The Balaban J connectivity index is 3.19. The van der Waals surface area contributed by atoms with Crippen molar-refractivity contribution in [2.45, 2.75) is 55.9 Å². The number of aliphatic carboxylic acids is 1. The minimum absolute atomic E-state index is 0.0154. The van der Waals surface area contributed by atoms with Crippen LogP contribution in [-0.4, -0.2) is 112 Å². The number of nitrogens with one attached hydrogen (secondary N) is 4. The summed E-state index contributed by atoms with van der Waals surface area (Å²) in [6.07, 6.45) is 3.03. The van der Waals surface area contributed by atoms with Gasteiger partial charge in [-0.3, -0.25) is 24.0 Å². The Morgan fingerprint density at radius 2 is 1.23 bits per heavy atom. The predicted molar refractivity (Wildman–Crippen MR) is 162 cm³/mol. The number of hydrogen-bond acceptors (Lipinski definition) is 11. The number of carboxylic acids is 1. The highest BCUT2D eigenvalue weighted by Gasteiger charge is 2.32. The molecule has 240 valence electrons. The van der Waals surface area contributed by atoms with E-state index in [0.29, 0.717) is 17.1 Å². The van der Waals surface area contributed by atoms with Crippen LogP contribution < -0.4 is 32.7 Å². The first-order chi connectivity index (χ1) is 20.3. The maximum Gasteiger partial charge on any atom is 0.326 e. The molecular weight excluding hydrogens is 604 g/mol. The first-order valence-corrected chi connectivity index (χ1v) is 16.0. The normalized spacial score (nSPS) is 14.3. The molecule has 5 atom stereocenters. The number of aliphatic hydroxyl groups is 1. The van der Waals surface area contributed by atoms with Crippen molar-refractivity contribution >= 4 is 59.0 Å². The fraction of sp³-hybridized carbons (Fsp3) is 0.538. The topological polar surface area (TPSA) is 263 Å². The van der Waals surface area contributed by atoms with E-state index in [1.807, 2.05) is 0 Å². The van der Waals surface area contributed by atoms with E-state index in [9.17, 15) is 44.1 Å². The number of primary amides is 1. The lowest BCUT2D eigenvalue weighted by molar-refractivity contribution is -0.142. The summed E-state index contributed by atoms with van der Waals surface area (Å²) in [6, 6.07) is -0.759. The lowest BCUT2D eigenvalue weighted by atomic mass is 10.0. The first-order valence-electron chi connectivity index (χ1n) is 13.2. The maximum atomic E-state index is 13.4. The number of carbonyl (C=O) groups is 6. The van der Waals surface area contributed by atoms with E-state index >= 15 is 0 Å². The Bertz CT molecular complexity index is 1110. The molecule has 0 bridgehead atoms. The number of hydrogen-bond donors (Lipinski definition) is 9. The highest BCUT2D eigenvalue weighted by atomic mass is 32.2. The molecule has 1 aromatic carbocycles. The summed E-state index contributed by atoms with van der Waals surface area (Å²) in [4.78, 5) is 75.3. The Hall–Kier alpha value is -3.54. The standard InChI is InChI=1S/C26H40N6O9S2/c1-42-9-7-17(23(37)32-20(12-21(28)35)25(39)30-18(26(40)41)8-10-43-2)29-24(38)19(31-22(36)16(27)13-33)11-14-3-5-15(34)6-4-14/h3-6,16-20,33-34H,7-13,27H2,1-2H3,(H2,28,35)(H,29,38)(H,30,39)(H,31,36)(H,32,37)(H,40,41)/t16-,17-,18-,19-,20-/m0/s1. The molecule has 5 amide bonds. The van der Waals surface area contributed by atoms with Crippen molar-refractivity contribution in [3.8, 4) is 5.75 Å². The minimum atomic E-state index is -1.52. The van der Waals surface area contributed by atoms with E-state index in [4.69, 9.17) is 11.5 Å². The van der Waals surface area contributed by atoms with E-state index in [-0.39, 0.29) is 25.0 Å². The molecule has 0 unspecified atom stereocenters. The Labute approximate surface area is 257 Å². The number of thioether (sulfide) groups is 2. The molecule has 11 N–H and O–H groups in total. The zero-order valence-electron chi connectivity index (χ0n) is 23.9. The molecule has 0 aromatic heterocycles. The number of nitrogens with two attached hydrogens (primary N) is 2. The number of aromatic hydroxyl groups is 1. The molecule has 43 heavy (non-hydrogen) atoms. The Kier molecular flexibility index (Phi) is 17.1. The van der Waals surface area contributed by atoms with Crippen LogP contribution in [0, 0.1) is 0 Å². The lowest BCUT2D eigenvalue weighted by Crippen LogP contribution is -2.59. The number of phenols is 1. The van der Waals surface area contributed by atoms with Crippen LogP contribution in [0.1, 0.15) is 24.8 Å². The third kappa shape index (κ3) is 14.0. The molecular formula is C26H40N6O9S2. The van der Waals surface area contributed by atoms with Crippen LogP contribution in [0.3, 0.4) is 0 Å². The van der Waals surface area contributed by atoms with Crippen molar-refractivity contribution in [3.05, 3.63) is 29.8 Å². The van der Waals surface area contributed by atoms with Crippen molar-refractivity contribution in [3.63, 3.8) is 0 Å². The second kappa shape index (κ2) is 19.6. The van der Waals surface area contributed by atoms with Crippen LogP contribution in [0.25, 0.3) is 0 Å². The fourth-order valence-corrected chi connectivity index (χ4v) is 4.61. The van der Waals surface area contributed by atoms with Crippen LogP contribution in [0.2, 0.25) is 0 Å². The zero-order valence-corrected chi connectivity index (χ0v) is 25.5. The van der Waals surface area contributed by atoms with E-state index in [1.165, 1.54) is 47.8 Å². The molecule has 0 spiro atoms. The minimum Gasteiger partial charge on any atom is -0.508 e. The van der Waals surface area contributed by atoms with Gasteiger partial charge in [0.25, 0.3) is 0 Å². The van der Waals surface area contributed by atoms with E-state index < -0.39 is 78.7 Å². The van der Waals surface area contributed by atoms with E-state index in [1.54, 1.807) is 12.5 Å². The predicted octanol–water partition coefficient (Wildman–Crippen LogP) is -2.34. The quantitative estimate of drug-likeness (QED) is 0.0723. The average molecular weight is 645 g/mol. The van der Waals surface area contributed by atoms with Crippen LogP contribution in [0.4, 0.5) is 0 Å². The number of amides is 5. The second-order valence-corrected chi connectivity index (χ2v) is 11.4. The van der Waals surface area contributed by atoms with Crippen LogP contribution in [0.15, 0.2) is 24.3 Å². The van der Waals surface area contributed by atoms with E-state index in [2.05, 4.69) is 21.3 Å². The molecule has 0 aliphatic carbocycles. The summed E-state index contributed by atoms with van der Waals surface area (Å²) in [7, 11) is 0. The number of benzene rings is 1. The van der Waals surface area contributed by atoms with Gasteiger partial charge in [0.15, 0.2) is 0 Å². The van der Waals surface area contributed by atoms with Crippen molar-refractivity contribution in [1.29, 1.82) is 0 Å². The monoisotopic (exact) mass is 644 g/mol. The van der Waals surface area contributed by atoms with Gasteiger partial charge in [-0.05, 0) is 54.6 Å². The molecule has 0 aliphatic heterocycles. The van der Waals surface area contributed by atoms with Crippen molar-refractivity contribution in [1.82, 2.24) is 21.3 Å². The molecule has 15 nitrogen and oxygen atoms in total. The molecule has 0 radical (unpaired) electrons. The lowest BCUT2D eigenvalue weighted by Gasteiger charge is -2.26. The highest BCUT2D eigenvalue weighted by molar-refractivity contribution is 7.98. The summed E-state index contributed by atoms with van der Waals surface area (Å²) in [5.74, 6) is -4.81. The summed E-state index contributed by atoms with van der Waals surface area (Å²) < 4.78 is 0. The third-order valence-electron chi connectivity index (χ3n) is 6.05. The number of phenolic OH excluding ortho intramolecular Hbond substituents is 1. The van der Waals surface area contributed by atoms with Crippen LogP contribution in [0.5, 0.6) is 5.75 Å². The Morgan fingerprint density at radius 1 is 0.767 bits per heavy atom. The van der Waals surface area contributed by atoms with Crippen molar-refractivity contribution in [2.24, 2.45) is 11.5 Å². The number of aliphatic hydroxyl groups excluding tert-OH is 1.